The summed E-state index contributed by atoms with van der Waals surface area (Å²) in [7, 11) is 0. The molecule has 2 aromatic heterocycles. The Labute approximate surface area is 226 Å². The standard InChI is InChI=1S/C29H32N6O4/c1-5-33(28(38)39-29(2,3)4)17-22-32-23-24(20-13-8-9-14-21(20)31-25(23)30)34(22)15-10-16-35-26(36)18-11-6-7-12-19(18)27(35)37/h6-9,11-14H,5,10,15-17H2,1-4H3,(H2,30,31). The molecule has 1 aliphatic heterocycles. The second-order valence-corrected chi connectivity index (χ2v) is 10.5. The molecule has 0 atom stereocenters. The molecule has 2 aromatic carbocycles. The number of carbonyl (C=O) groups excluding carboxylic acids is 3. The van der Waals surface area contributed by atoms with Crippen molar-refractivity contribution in [3.8, 4) is 0 Å². The average Bonchev–Trinajstić information content (AvgIpc) is 3.37. The number of para-hydroxylation sites is 1. The summed E-state index contributed by atoms with van der Waals surface area (Å²) in [6.07, 6.45) is 0.0459. The second-order valence-electron chi connectivity index (χ2n) is 10.5. The van der Waals surface area contributed by atoms with E-state index in [4.69, 9.17) is 15.5 Å². The summed E-state index contributed by atoms with van der Waals surface area (Å²) < 4.78 is 7.62. The van der Waals surface area contributed by atoms with Crippen LogP contribution >= 0.6 is 0 Å². The largest absolute Gasteiger partial charge is 0.444 e. The van der Waals surface area contributed by atoms with Crippen LogP contribution in [-0.4, -0.2) is 60.9 Å². The molecule has 0 radical (unpaired) electrons. The van der Waals surface area contributed by atoms with Crippen LogP contribution in [0.3, 0.4) is 0 Å². The number of nitrogens with two attached hydrogens (primary N) is 1. The number of ether oxygens (including phenoxy) is 1. The van der Waals surface area contributed by atoms with Crippen molar-refractivity contribution in [3.63, 3.8) is 0 Å². The molecule has 202 valence electrons. The maximum atomic E-state index is 12.9. The summed E-state index contributed by atoms with van der Waals surface area (Å²) in [5, 5.41) is 0.876. The highest BCUT2D eigenvalue weighted by Crippen LogP contribution is 2.30. The number of fused-ring (bicyclic) bond motifs is 4. The summed E-state index contributed by atoms with van der Waals surface area (Å²) in [5.74, 6) is 0.342. The van der Waals surface area contributed by atoms with E-state index < -0.39 is 11.7 Å². The maximum absolute atomic E-state index is 12.9. The highest BCUT2D eigenvalue weighted by Gasteiger charge is 2.34. The number of benzene rings is 2. The van der Waals surface area contributed by atoms with Crippen LogP contribution in [0.5, 0.6) is 0 Å². The fourth-order valence-electron chi connectivity index (χ4n) is 4.90. The number of nitrogen functional groups attached to an aromatic ring is 1. The number of pyridine rings is 1. The van der Waals surface area contributed by atoms with E-state index in [-0.39, 0.29) is 24.9 Å². The van der Waals surface area contributed by atoms with Gasteiger partial charge in [-0.2, -0.15) is 0 Å². The minimum Gasteiger partial charge on any atom is -0.444 e. The van der Waals surface area contributed by atoms with E-state index >= 15 is 0 Å². The Morgan fingerprint density at radius 2 is 1.62 bits per heavy atom. The Balaban J connectivity index is 1.49. The van der Waals surface area contributed by atoms with Gasteiger partial charge >= 0.3 is 6.09 Å². The number of imidazole rings is 1. The third-order valence-corrected chi connectivity index (χ3v) is 6.70. The number of carbonyl (C=O) groups is 3. The molecule has 0 saturated heterocycles. The van der Waals surface area contributed by atoms with Crippen LogP contribution in [0.15, 0.2) is 48.5 Å². The lowest BCUT2D eigenvalue weighted by atomic mass is 10.1. The SMILES string of the molecule is CCN(Cc1nc2c(N)nc3ccccc3c2n1CCCN1C(=O)c2ccccc2C1=O)C(=O)OC(C)(C)C. The van der Waals surface area contributed by atoms with Crippen molar-refractivity contribution >= 4 is 45.7 Å². The number of hydrogen-bond donors (Lipinski definition) is 1. The van der Waals surface area contributed by atoms with Gasteiger partial charge in [0.05, 0.1) is 28.7 Å². The molecule has 39 heavy (non-hydrogen) atoms. The molecule has 2 N–H and O–H groups in total. The zero-order valence-electron chi connectivity index (χ0n) is 22.6. The summed E-state index contributed by atoms with van der Waals surface area (Å²) >= 11 is 0. The second kappa shape index (κ2) is 10.0. The first-order valence-electron chi connectivity index (χ1n) is 13.1. The molecule has 0 aliphatic carbocycles. The summed E-state index contributed by atoms with van der Waals surface area (Å²) in [6, 6.07) is 14.5. The molecule has 0 saturated carbocycles. The fraction of sp³-hybridized carbons (Fsp3) is 0.345. The van der Waals surface area contributed by atoms with Gasteiger partial charge in [-0.1, -0.05) is 30.3 Å². The van der Waals surface area contributed by atoms with Crippen molar-refractivity contribution in [2.24, 2.45) is 0 Å². The summed E-state index contributed by atoms with van der Waals surface area (Å²) in [5.41, 5.74) is 8.63. The monoisotopic (exact) mass is 528 g/mol. The van der Waals surface area contributed by atoms with Gasteiger partial charge in [0.15, 0.2) is 5.82 Å². The van der Waals surface area contributed by atoms with E-state index in [2.05, 4.69) is 4.98 Å². The van der Waals surface area contributed by atoms with Gasteiger partial charge in [0.25, 0.3) is 11.8 Å². The Bertz CT molecular complexity index is 1570. The Morgan fingerprint density at radius 3 is 2.26 bits per heavy atom. The number of aryl methyl sites for hydroxylation is 1. The van der Waals surface area contributed by atoms with Gasteiger partial charge in [0.1, 0.15) is 16.9 Å². The first-order valence-corrected chi connectivity index (χ1v) is 13.1. The summed E-state index contributed by atoms with van der Waals surface area (Å²) in [6.45, 7) is 8.65. The minimum absolute atomic E-state index is 0.195. The van der Waals surface area contributed by atoms with E-state index in [0.29, 0.717) is 47.8 Å². The lowest BCUT2D eigenvalue weighted by molar-refractivity contribution is 0.0237. The van der Waals surface area contributed by atoms with Crippen molar-refractivity contribution < 1.29 is 19.1 Å². The van der Waals surface area contributed by atoms with Gasteiger partial charge in [-0.3, -0.25) is 14.5 Å². The van der Waals surface area contributed by atoms with E-state index in [1.54, 1.807) is 29.2 Å². The minimum atomic E-state index is -0.637. The lowest BCUT2D eigenvalue weighted by Crippen LogP contribution is -2.37. The van der Waals surface area contributed by atoms with Crippen LogP contribution in [0, 0.1) is 0 Å². The first-order chi connectivity index (χ1) is 18.6. The number of rotatable bonds is 7. The van der Waals surface area contributed by atoms with Crippen LogP contribution < -0.4 is 5.73 Å². The molecule has 0 spiro atoms. The molecule has 3 heterocycles. The average molecular weight is 529 g/mol. The number of imide groups is 1. The van der Waals surface area contributed by atoms with E-state index in [1.165, 1.54) is 4.90 Å². The molecular formula is C29H32N6O4. The van der Waals surface area contributed by atoms with Gasteiger partial charge in [-0.15, -0.1) is 0 Å². The molecule has 1 aliphatic rings. The van der Waals surface area contributed by atoms with Crippen molar-refractivity contribution in [1.82, 2.24) is 24.3 Å². The number of amides is 3. The molecule has 4 aromatic rings. The molecule has 0 unspecified atom stereocenters. The molecular weight excluding hydrogens is 496 g/mol. The Kier molecular flexibility index (Phi) is 6.71. The highest BCUT2D eigenvalue weighted by atomic mass is 16.6. The first kappa shape index (κ1) is 26.1. The fourth-order valence-corrected chi connectivity index (χ4v) is 4.90. The molecule has 10 heteroatoms. The zero-order chi connectivity index (χ0) is 27.9. The van der Waals surface area contributed by atoms with Crippen molar-refractivity contribution in [2.45, 2.75) is 52.8 Å². The third kappa shape index (κ3) is 4.89. The van der Waals surface area contributed by atoms with Gasteiger partial charge in [0, 0.05) is 25.0 Å². The van der Waals surface area contributed by atoms with Crippen molar-refractivity contribution in [1.29, 1.82) is 0 Å². The van der Waals surface area contributed by atoms with Crippen molar-refractivity contribution in [3.05, 3.63) is 65.5 Å². The zero-order valence-corrected chi connectivity index (χ0v) is 22.6. The van der Waals surface area contributed by atoms with Gasteiger partial charge in [0.2, 0.25) is 0 Å². The van der Waals surface area contributed by atoms with E-state index in [9.17, 15) is 14.4 Å². The topological polar surface area (TPSA) is 124 Å². The van der Waals surface area contributed by atoms with Gasteiger partial charge < -0.3 is 19.9 Å². The smallest absolute Gasteiger partial charge is 0.410 e. The molecule has 10 nitrogen and oxygen atoms in total. The molecule has 0 fully saturated rings. The predicted octanol–water partition coefficient (Wildman–Crippen LogP) is 4.61. The van der Waals surface area contributed by atoms with Gasteiger partial charge in [-0.25, -0.2) is 14.8 Å². The molecule has 0 bridgehead atoms. The number of nitrogens with zero attached hydrogens (tertiary/aromatic N) is 5. The number of anilines is 1. The molecule has 5 rings (SSSR count). The van der Waals surface area contributed by atoms with Crippen LogP contribution in [0.4, 0.5) is 10.6 Å². The normalized spacial score (nSPS) is 13.4. The lowest BCUT2D eigenvalue weighted by Gasteiger charge is -2.26. The summed E-state index contributed by atoms with van der Waals surface area (Å²) in [4.78, 5) is 50.9. The van der Waals surface area contributed by atoms with Crippen molar-refractivity contribution in [2.75, 3.05) is 18.8 Å². The Hall–Kier alpha value is -4.47. The third-order valence-electron chi connectivity index (χ3n) is 6.70. The van der Waals surface area contributed by atoms with Crippen LogP contribution in [0.2, 0.25) is 0 Å². The van der Waals surface area contributed by atoms with Crippen LogP contribution in [0.25, 0.3) is 21.9 Å². The van der Waals surface area contributed by atoms with Gasteiger partial charge in [-0.05, 0) is 52.3 Å². The van der Waals surface area contributed by atoms with Crippen LogP contribution in [0.1, 0.15) is 60.7 Å². The van der Waals surface area contributed by atoms with E-state index in [0.717, 1.165) is 16.4 Å². The number of hydrogen-bond acceptors (Lipinski definition) is 7. The quantitative estimate of drug-likeness (QED) is 0.347. The van der Waals surface area contributed by atoms with Crippen LogP contribution in [-0.2, 0) is 17.8 Å². The predicted molar refractivity (Wildman–Crippen MR) is 148 cm³/mol. The highest BCUT2D eigenvalue weighted by molar-refractivity contribution is 6.21. The Morgan fingerprint density at radius 1 is 0.974 bits per heavy atom. The van der Waals surface area contributed by atoms with E-state index in [1.807, 2.05) is 56.5 Å². The number of aromatic nitrogens is 3. The maximum Gasteiger partial charge on any atom is 0.410 e. The molecule has 3 amide bonds.